The summed E-state index contributed by atoms with van der Waals surface area (Å²) in [7, 11) is 2.27. The summed E-state index contributed by atoms with van der Waals surface area (Å²) in [4.78, 5) is 21.0. The Kier molecular flexibility index (Phi) is 6.13. The van der Waals surface area contributed by atoms with E-state index in [1.165, 1.54) is 6.92 Å². The Balaban J connectivity index is 3.90. The minimum atomic E-state index is -1.09. The Morgan fingerprint density at radius 1 is 1.77 bits per heavy atom. The van der Waals surface area contributed by atoms with Gasteiger partial charge in [-0.2, -0.15) is 0 Å². The zero-order chi connectivity index (χ0) is 10.3. The maximum Gasteiger partial charge on any atom is 0.328 e. The quantitative estimate of drug-likeness (QED) is 0.396. The van der Waals surface area contributed by atoms with Gasteiger partial charge in [0.05, 0.1) is 15.1 Å². The highest BCUT2D eigenvalue weighted by Gasteiger charge is 2.29. The van der Waals surface area contributed by atoms with E-state index >= 15 is 0 Å². The van der Waals surface area contributed by atoms with E-state index in [4.69, 9.17) is 10.3 Å². The van der Waals surface area contributed by atoms with E-state index in [-0.39, 0.29) is 21.5 Å². The van der Waals surface area contributed by atoms with Crippen LogP contribution in [-0.4, -0.2) is 24.6 Å². The van der Waals surface area contributed by atoms with E-state index in [0.717, 1.165) is 0 Å². The molecule has 0 aliphatic carbocycles. The fraction of sp³-hybridized carbons (Fsp3) is 0.667. The minimum absolute atomic E-state index is 0.00620. The van der Waals surface area contributed by atoms with Crippen LogP contribution in [0.15, 0.2) is 0 Å². The third kappa shape index (κ3) is 5.14. The summed E-state index contributed by atoms with van der Waals surface area (Å²) in [5.74, 6) is -0.490. The average Bonchev–Trinajstić information content (AvgIpc) is 2.05. The van der Waals surface area contributed by atoms with Crippen LogP contribution in [0.5, 0.6) is 0 Å². The van der Waals surface area contributed by atoms with Gasteiger partial charge in [-0.05, 0) is 6.92 Å². The van der Waals surface area contributed by atoms with E-state index in [9.17, 15) is 9.59 Å². The number of nitrogens with two attached hydrogens (primary N) is 1. The van der Waals surface area contributed by atoms with Crippen molar-refractivity contribution in [2.24, 2.45) is 5.73 Å². The fourth-order valence-electron chi connectivity index (χ4n) is 0.591. The SMILES string of the molecule is C[C@@](N)(CCOC=O)C(=O)OPP. The Morgan fingerprint density at radius 3 is 2.85 bits per heavy atom. The number of carbonyl (C=O) groups excluding carboxylic acids is 2. The molecular weight excluding hydrogens is 212 g/mol. The van der Waals surface area contributed by atoms with Gasteiger partial charge in [0, 0.05) is 6.42 Å². The number of rotatable bonds is 6. The van der Waals surface area contributed by atoms with Gasteiger partial charge in [0.15, 0.2) is 0 Å². The average molecular weight is 225 g/mol. The predicted octanol–water partition coefficient (Wildman–Crippen LogP) is 0.194. The van der Waals surface area contributed by atoms with Crippen molar-refractivity contribution in [3.8, 4) is 0 Å². The van der Waals surface area contributed by atoms with Gasteiger partial charge in [0.1, 0.15) is 5.54 Å². The lowest BCUT2D eigenvalue weighted by atomic mass is 10.0. The van der Waals surface area contributed by atoms with Crippen molar-refractivity contribution in [2.75, 3.05) is 6.61 Å². The van der Waals surface area contributed by atoms with Crippen LogP contribution < -0.4 is 5.73 Å². The molecule has 2 unspecified atom stereocenters. The number of hydrogen-bond acceptors (Lipinski definition) is 5. The summed E-state index contributed by atoms with van der Waals surface area (Å²) in [6.07, 6.45) is 0.250. The third-order valence-corrected chi connectivity index (χ3v) is 2.08. The summed E-state index contributed by atoms with van der Waals surface area (Å²) < 4.78 is 9.15. The zero-order valence-electron chi connectivity index (χ0n) is 7.28. The molecule has 76 valence electrons. The van der Waals surface area contributed by atoms with Crippen molar-refractivity contribution in [1.29, 1.82) is 0 Å². The van der Waals surface area contributed by atoms with Crippen molar-refractivity contribution in [3.05, 3.63) is 0 Å². The fourth-order valence-corrected chi connectivity index (χ4v) is 1.25. The standard InChI is InChI=1S/C6H13NO4P2/c1-6(7,2-3-10-4-8)5(9)11-13-12/h4,13H,2-3,7,12H2,1H3/t6-/m1/s1. The van der Waals surface area contributed by atoms with Crippen LogP contribution in [0.4, 0.5) is 0 Å². The summed E-state index contributed by atoms with van der Waals surface area (Å²) in [5, 5.41) is 0. The van der Waals surface area contributed by atoms with E-state index in [2.05, 4.69) is 13.7 Å². The molecule has 0 amide bonds. The molecule has 0 bridgehead atoms. The second-order valence-electron chi connectivity index (χ2n) is 2.64. The van der Waals surface area contributed by atoms with Crippen LogP contribution in [0, 0.1) is 0 Å². The Labute approximate surface area is 80.7 Å². The first-order valence-corrected chi connectivity index (χ1v) is 6.27. The number of carbonyl (C=O) groups is 2. The van der Waals surface area contributed by atoms with Gasteiger partial charge in [-0.1, -0.05) is 8.93 Å². The molecule has 0 saturated heterocycles. The second-order valence-corrected chi connectivity index (χ2v) is 3.79. The summed E-state index contributed by atoms with van der Waals surface area (Å²) >= 11 is 0. The van der Waals surface area contributed by atoms with Crippen molar-refractivity contribution in [2.45, 2.75) is 18.9 Å². The molecule has 0 saturated carbocycles. The van der Waals surface area contributed by atoms with Crippen molar-refractivity contribution in [3.63, 3.8) is 0 Å². The van der Waals surface area contributed by atoms with E-state index in [0.29, 0.717) is 6.47 Å². The molecule has 0 spiro atoms. The highest BCUT2D eigenvalue weighted by atomic mass is 32.0. The Bertz CT molecular complexity index is 185. The molecular formula is C6H13NO4P2. The van der Waals surface area contributed by atoms with Crippen LogP contribution in [0.2, 0.25) is 0 Å². The molecule has 3 atom stereocenters. The highest BCUT2D eigenvalue weighted by Crippen LogP contribution is 2.24. The molecule has 0 heterocycles. The monoisotopic (exact) mass is 225 g/mol. The lowest BCUT2D eigenvalue weighted by molar-refractivity contribution is -0.140. The van der Waals surface area contributed by atoms with Crippen LogP contribution in [0.3, 0.4) is 0 Å². The van der Waals surface area contributed by atoms with E-state index < -0.39 is 11.5 Å². The molecule has 0 aliphatic heterocycles. The van der Waals surface area contributed by atoms with Crippen LogP contribution in [0.1, 0.15) is 13.3 Å². The molecule has 0 aliphatic rings. The van der Waals surface area contributed by atoms with E-state index in [1.54, 1.807) is 0 Å². The third-order valence-electron chi connectivity index (χ3n) is 1.43. The maximum absolute atomic E-state index is 11.2. The first-order chi connectivity index (χ1) is 6.04. The topological polar surface area (TPSA) is 78.6 Å². The van der Waals surface area contributed by atoms with Crippen molar-refractivity contribution < 1.29 is 18.8 Å². The van der Waals surface area contributed by atoms with Gasteiger partial charge in [-0.15, -0.1) is 0 Å². The zero-order valence-corrected chi connectivity index (χ0v) is 9.43. The van der Waals surface area contributed by atoms with Gasteiger partial charge < -0.3 is 15.0 Å². The van der Waals surface area contributed by atoms with Crippen LogP contribution in [0.25, 0.3) is 0 Å². The smallest absolute Gasteiger partial charge is 0.328 e. The van der Waals surface area contributed by atoms with Crippen LogP contribution >= 0.6 is 17.4 Å². The molecule has 13 heavy (non-hydrogen) atoms. The molecule has 0 rings (SSSR count). The number of ether oxygens (including phenoxy) is 1. The lowest BCUT2D eigenvalue weighted by Gasteiger charge is -2.20. The van der Waals surface area contributed by atoms with Gasteiger partial charge in [0.25, 0.3) is 6.47 Å². The normalized spacial score (nSPS) is 15.3. The molecule has 0 aromatic heterocycles. The molecule has 0 aromatic carbocycles. The molecule has 5 nitrogen and oxygen atoms in total. The summed E-state index contributed by atoms with van der Waals surface area (Å²) in [6, 6.07) is 0. The Morgan fingerprint density at radius 2 is 2.38 bits per heavy atom. The summed E-state index contributed by atoms with van der Waals surface area (Å²) in [5.41, 5.74) is 4.52. The lowest BCUT2D eigenvalue weighted by Crippen LogP contribution is -2.46. The van der Waals surface area contributed by atoms with Gasteiger partial charge in [0.2, 0.25) is 0 Å². The molecule has 0 aromatic rings. The van der Waals surface area contributed by atoms with Crippen LogP contribution in [-0.2, 0) is 18.8 Å². The predicted molar refractivity (Wildman–Crippen MR) is 53.3 cm³/mol. The number of hydrogen-bond donors (Lipinski definition) is 1. The largest absolute Gasteiger partial charge is 0.468 e. The highest BCUT2D eigenvalue weighted by molar-refractivity contribution is 8.00. The Hall–Kier alpha value is -0.240. The molecule has 2 N–H and O–H groups in total. The maximum atomic E-state index is 11.2. The molecule has 0 radical (unpaired) electrons. The van der Waals surface area contributed by atoms with Gasteiger partial charge in [-0.25, -0.2) is 4.79 Å². The first-order valence-electron chi connectivity index (χ1n) is 3.55. The van der Waals surface area contributed by atoms with Gasteiger partial charge >= 0.3 is 5.97 Å². The minimum Gasteiger partial charge on any atom is -0.468 e. The molecule has 7 heteroatoms. The van der Waals surface area contributed by atoms with E-state index in [1.807, 2.05) is 0 Å². The van der Waals surface area contributed by atoms with Gasteiger partial charge in [-0.3, -0.25) is 4.79 Å². The second kappa shape index (κ2) is 6.25. The first kappa shape index (κ1) is 12.8. The molecule has 0 fully saturated rings. The van der Waals surface area contributed by atoms with Crippen molar-refractivity contribution >= 4 is 29.9 Å². The van der Waals surface area contributed by atoms with Crippen molar-refractivity contribution in [1.82, 2.24) is 0 Å². The summed E-state index contributed by atoms with van der Waals surface area (Å²) in [6.45, 7) is 1.97.